The molecule has 0 heterocycles. The molecule has 0 aliphatic rings. The highest BCUT2D eigenvalue weighted by Crippen LogP contribution is 1.97. The van der Waals surface area contributed by atoms with Crippen molar-refractivity contribution < 1.29 is 19.4 Å². The maximum atomic E-state index is 11.5. The molecule has 0 saturated heterocycles. The van der Waals surface area contributed by atoms with Crippen LogP contribution in [-0.4, -0.2) is 42.9 Å². The molecule has 0 bridgehead atoms. The van der Waals surface area contributed by atoms with Gasteiger partial charge in [0.2, 0.25) is 0 Å². The average molecular weight is 274 g/mol. The molecule has 2 amide bonds. The predicted molar refractivity (Wildman–Crippen MR) is 73.1 cm³/mol. The van der Waals surface area contributed by atoms with Gasteiger partial charge in [-0.3, -0.25) is 4.79 Å². The van der Waals surface area contributed by atoms with Crippen molar-refractivity contribution in [2.75, 3.05) is 19.8 Å². The number of carboxylic acids is 1. The van der Waals surface area contributed by atoms with E-state index in [2.05, 4.69) is 24.5 Å². The van der Waals surface area contributed by atoms with E-state index in [9.17, 15) is 9.59 Å². The fraction of sp³-hybridized carbons (Fsp3) is 0.846. The van der Waals surface area contributed by atoms with Crippen molar-refractivity contribution in [3.8, 4) is 0 Å². The molecule has 0 radical (unpaired) electrons. The maximum Gasteiger partial charge on any atom is 0.315 e. The van der Waals surface area contributed by atoms with Gasteiger partial charge in [-0.1, -0.05) is 20.8 Å². The number of ether oxygens (including phenoxy) is 1. The third-order valence-corrected chi connectivity index (χ3v) is 2.45. The van der Waals surface area contributed by atoms with Crippen molar-refractivity contribution in [1.29, 1.82) is 0 Å². The van der Waals surface area contributed by atoms with E-state index < -0.39 is 5.97 Å². The van der Waals surface area contributed by atoms with Crippen LogP contribution in [0.1, 0.15) is 40.0 Å². The first-order chi connectivity index (χ1) is 8.95. The van der Waals surface area contributed by atoms with E-state index in [1.807, 2.05) is 6.92 Å². The Labute approximate surface area is 114 Å². The van der Waals surface area contributed by atoms with Gasteiger partial charge < -0.3 is 20.5 Å². The lowest BCUT2D eigenvalue weighted by Crippen LogP contribution is -2.43. The number of carbonyl (C=O) groups excluding carboxylic acids is 1. The number of nitrogens with one attached hydrogen (secondary N) is 2. The summed E-state index contributed by atoms with van der Waals surface area (Å²) in [5.74, 6) is -0.396. The van der Waals surface area contributed by atoms with Crippen molar-refractivity contribution in [3.05, 3.63) is 0 Å². The summed E-state index contributed by atoms with van der Waals surface area (Å²) in [5.41, 5.74) is 0. The van der Waals surface area contributed by atoms with Crippen LogP contribution in [0, 0.1) is 5.92 Å². The van der Waals surface area contributed by atoms with E-state index in [1.165, 1.54) is 0 Å². The second-order valence-corrected chi connectivity index (χ2v) is 4.93. The van der Waals surface area contributed by atoms with Gasteiger partial charge >= 0.3 is 12.0 Å². The minimum Gasteiger partial charge on any atom is -0.481 e. The van der Waals surface area contributed by atoms with E-state index >= 15 is 0 Å². The molecule has 112 valence electrons. The van der Waals surface area contributed by atoms with Crippen molar-refractivity contribution in [2.45, 2.75) is 46.1 Å². The maximum absolute atomic E-state index is 11.5. The van der Waals surface area contributed by atoms with Gasteiger partial charge in [-0.25, -0.2) is 4.79 Å². The van der Waals surface area contributed by atoms with Gasteiger partial charge in [0.15, 0.2) is 0 Å². The normalized spacial score (nSPS) is 12.2. The minimum absolute atomic E-state index is 0.0541. The van der Waals surface area contributed by atoms with E-state index in [0.717, 1.165) is 13.0 Å². The number of urea groups is 1. The van der Waals surface area contributed by atoms with Gasteiger partial charge in [0.25, 0.3) is 0 Å². The number of hydrogen-bond donors (Lipinski definition) is 3. The molecule has 0 aromatic heterocycles. The second kappa shape index (κ2) is 10.6. The van der Waals surface area contributed by atoms with Gasteiger partial charge in [-0.05, 0) is 18.8 Å². The number of rotatable bonds is 10. The number of hydrogen-bond acceptors (Lipinski definition) is 3. The lowest BCUT2D eigenvalue weighted by atomic mass is 10.1. The Morgan fingerprint density at radius 3 is 2.53 bits per heavy atom. The zero-order valence-corrected chi connectivity index (χ0v) is 12.1. The first-order valence-corrected chi connectivity index (χ1v) is 6.79. The molecule has 6 nitrogen and oxygen atoms in total. The summed E-state index contributed by atoms with van der Waals surface area (Å²) < 4.78 is 5.38. The zero-order valence-electron chi connectivity index (χ0n) is 12.1. The van der Waals surface area contributed by atoms with E-state index in [0.29, 0.717) is 25.5 Å². The molecule has 1 atom stereocenters. The number of carbonyl (C=O) groups is 2. The highest BCUT2D eigenvalue weighted by atomic mass is 16.5. The molecule has 3 N–H and O–H groups in total. The van der Waals surface area contributed by atoms with Crippen LogP contribution in [0.2, 0.25) is 0 Å². The van der Waals surface area contributed by atoms with Gasteiger partial charge in [-0.2, -0.15) is 0 Å². The second-order valence-electron chi connectivity index (χ2n) is 4.93. The molecule has 19 heavy (non-hydrogen) atoms. The van der Waals surface area contributed by atoms with Crippen molar-refractivity contribution in [1.82, 2.24) is 10.6 Å². The molecule has 1 unspecified atom stereocenters. The summed E-state index contributed by atoms with van der Waals surface area (Å²) in [5, 5.41) is 14.0. The van der Waals surface area contributed by atoms with Crippen LogP contribution in [-0.2, 0) is 9.53 Å². The topological polar surface area (TPSA) is 87.7 Å². The summed E-state index contributed by atoms with van der Waals surface area (Å²) in [4.78, 5) is 22.0. The molecule has 0 aromatic carbocycles. The van der Waals surface area contributed by atoms with E-state index in [1.54, 1.807) is 0 Å². The molecule has 0 aromatic rings. The predicted octanol–water partition coefficient (Wildman–Crippen LogP) is 1.60. The molecule has 0 fully saturated rings. The Morgan fingerprint density at radius 2 is 2.00 bits per heavy atom. The Morgan fingerprint density at radius 1 is 1.32 bits per heavy atom. The van der Waals surface area contributed by atoms with Crippen LogP contribution < -0.4 is 10.6 Å². The Bertz CT molecular complexity index is 269. The lowest BCUT2D eigenvalue weighted by molar-refractivity contribution is -0.137. The van der Waals surface area contributed by atoms with Crippen LogP contribution in [0.5, 0.6) is 0 Å². The summed E-state index contributed by atoms with van der Waals surface area (Å²) in [6, 6.07) is -0.647. The Kier molecular flexibility index (Phi) is 9.88. The standard InChI is InChI=1S/C13H26N2O4/c1-4-11(8-12(16)17)15-13(18)14-6-5-7-19-9-10(2)3/h10-11H,4-9H2,1-3H3,(H,16,17)(H2,14,15,18). The molecule has 0 rings (SSSR count). The Balaban J connectivity index is 3.60. The molecule has 0 saturated carbocycles. The van der Waals surface area contributed by atoms with Gasteiger partial charge in [0, 0.05) is 25.8 Å². The van der Waals surface area contributed by atoms with Crippen LogP contribution >= 0.6 is 0 Å². The van der Waals surface area contributed by atoms with E-state index in [4.69, 9.17) is 9.84 Å². The number of amides is 2. The third kappa shape index (κ3) is 11.5. The Hall–Kier alpha value is -1.30. The molecule has 0 aliphatic heterocycles. The van der Waals surface area contributed by atoms with Crippen LogP contribution in [0.25, 0.3) is 0 Å². The van der Waals surface area contributed by atoms with Crippen molar-refractivity contribution in [2.24, 2.45) is 5.92 Å². The molecular formula is C13H26N2O4. The van der Waals surface area contributed by atoms with Crippen molar-refractivity contribution >= 4 is 12.0 Å². The quantitative estimate of drug-likeness (QED) is 0.528. The van der Waals surface area contributed by atoms with Gasteiger partial charge in [0.05, 0.1) is 6.42 Å². The highest BCUT2D eigenvalue weighted by molar-refractivity contribution is 5.75. The lowest BCUT2D eigenvalue weighted by Gasteiger charge is -2.15. The van der Waals surface area contributed by atoms with Crippen molar-refractivity contribution in [3.63, 3.8) is 0 Å². The summed E-state index contributed by atoms with van der Waals surface area (Å²) in [6.45, 7) is 7.87. The average Bonchev–Trinajstić information content (AvgIpc) is 2.31. The first-order valence-electron chi connectivity index (χ1n) is 6.79. The van der Waals surface area contributed by atoms with E-state index in [-0.39, 0.29) is 18.5 Å². The highest BCUT2D eigenvalue weighted by Gasteiger charge is 2.13. The number of aliphatic carboxylic acids is 1. The smallest absolute Gasteiger partial charge is 0.315 e. The fourth-order valence-corrected chi connectivity index (χ4v) is 1.44. The molecule has 0 spiro atoms. The van der Waals surface area contributed by atoms with Gasteiger partial charge in [-0.15, -0.1) is 0 Å². The number of carboxylic acid groups (broad SMARTS) is 1. The molecular weight excluding hydrogens is 248 g/mol. The summed E-state index contributed by atoms with van der Waals surface area (Å²) in [6.07, 6.45) is 1.29. The summed E-state index contributed by atoms with van der Waals surface area (Å²) >= 11 is 0. The monoisotopic (exact) mass is 274 g/mol. The summed E-state index contributed by atoms with van der Waals surface area (Å²) in [7, 11) is 0. The molecule has 6 heteroatoms. The van der Waals surface area contributed by atoms with Crippen LogP contribution in [0.4, 0.5) is 4.79 Å². The minimum atomic E-state index is -0.908. The zero-order chi connectivity index (χ0) is 14.7. The van der Waals surface area contributed by atoms with Gasteiger partial charge in [0.1, 0.15) is 0 Å². The van der Waals surface area contributed by atoms with Crippen LogP contribution in [0.3, 0.4) is 0 Å². The third-order valence-electron chi connectivity index (χ3n) is 2.45. The SMILES string of the molecule is CCC(CC(=O)O)NC(=O)NCCCOCC(C)C. The van der Waals surface area contributed by atoms with Crippen LogP contribution in [0.15, 0.2) is 0 Å². The first kappa shape index (κ1) is 17.7. The largest absolute Gasteiger partial charge is 0.481 e. The molecule has 0 aliphatic carbocycles. The fourth-order valence-electron chi connectivity index (χ4n) is 1.44.